The van der Waals surface area contributed by atoms with E-state index in [0.29, 0.717) is 16.9 Å². The molecule has 2 aromatic rings. The lowest BCUT2D eigenvalue weighted by molar-refractivity contribution is 0.0928. The number of urea groups is 1. The van der Waals surface area contributed by atoms with Gasteiger partial charge >= 0.3 is 6.03 Å². The molecule has 3 amide bonds. The lowest BCUT2D eigenvalue weighted by Crippen LogP contribution is -2.37. The van der Waals surface area contributed by atoms with Crippen molar-refractivity contribution >= 4 is 29.0 Å². The maximum Gasteiger partial charge on any atom is 0.323 e. The highest BCUT2D eigenvalue weighted by Crippen LogP contribution is 2.28. The SMILES string of the molecule is O=C(Nc1cccc(F)c1)Nc1ccc(N2CCCC2)c(C(=O)NC2CCCCC2)c1. The molecule has 0 aromatic heterocycles. The number of hydrogen-bond donors (Lipinski definition) is 3. The second kappa shape index (κ2) is 9.81. The van der Waals surface area contributed by atoms with Crippen LogP contribution in [0.4, 0.5) is 26.2 Å². The summed E-state index contributed by atoms with van der Waals surface area (Å²) in [7, 11) is 0. The monoisotopic (exact) mass is 424 g/mol. The molecule has 6 nitrogen and oxygen atoms in total. The fourth-order valence-corrected chi connectivity index (χ4v) is 4.40. The predicted molar refractivity (Wildman–Crippen MR) is 121 cm³/mol. The molecule has 2 aromatic carbocycles. The molecule has 1 aliphatic heterocycles. The van der Waals surface area contributed by atoms with Crippen LogP contribution in [0, 0.1) is 5.82 Å². The Morgan fingerprint density at radius 2 is 1.58 bits per heavy atom. The topological polar surface area (TPSA) is 73.5 Å². The highest BCUT2D eigenvalue weighted by molar-refractivity contribution is 6.04. The Labute approximate surface area is 182 Å². The van der Waals surface area contributed by atoms with Crippen molar-refractivity contribution in [3.63, 3.8) is 0 Å². The minimum absolute atomic E-state index is 0.0945. The van der Waals surface area contributed by atoms with Crippen LogP contribution in [0.5, 0.6) is 0 Å². The summed E-state index contributed by atoms with van der Waals surface area (Å²) in [6, 6.07) is 10.9. The molecule has 31 heavy (non-hydrogen) atoms. The predicted octanol–water partition coefficient (Wildman–Crippen LogP) is 5.13. The molecule has 1 saturated heterocycles. The molecule has 4 rings (SSSR count). The number of amides is 3. The average molecular weight is 425 g/mol. The summed E-state index contributed by atoms with van der Waals surface area (Å²) in [5.74, 6) is -0.516. The molecule has 0 spiro atoms. The van der Waals surface area contributed by atoms with Gasteiger partial charge in [0, 0.05) is 36.2 Å². The molecule has 2 fully saturated rings. The van der Waals surface area contributed by atoms with Crippen molar-refractivity contribution in [2.75, 3.05) is 28.6 Å². The highest BCUT2D eigenvalue weighted by atomic mass is 19.1. The first kappa shape index (κ1) is 21.2. The number of nitrogens with one attached hydrogen (secondary N) is 3. The normalized spacial score (nSPS) is 16.7. The first-order chi connectivity index (χ1) is 15.1. The quantitative estimate of drug-likeness (QED) is 0.623. The van der Waals surface area contributed by atoms with Crippen molar-refractivity contribution in [3.05, 3.63) is 53.8 Å². The van der Waals surface area contributed by atoms with E-state index in [1.807, 2.05) is 6.07 Å². The summed E-state index contributed by atoms with van der Waals surface area (Å²) in [6.45, 7) is 1.85. The number of carbonyl (C=O) groups excluding carboxylic acids is 2. The zero-order chi connectivity index (χ0) is 21.6. The second-order valence-corrected chi connectivity index (χ2v) is 8.32. The molecule has 0 radical (unpaired) electrons. The van der Waals surface area contributed by atoms with Gasteiger partial charge in [-0.25, -0.2) is 9.18 Å². The summed E-state index contributed by atoms with van der Waals surface area (Å²) >= 11 is 0. The van der Waals surface area contributed by atoms with Crippen LogP contribution in [0.3, 0.4) is 0 Å². The first-order valence-corrected chi connectivity index (χ1v) is 11.1. The van der Waals surface area contributed by atoms with Crippen molar-refractivity contribution in [2.24, 2.45) is 0 Å². The van der Waals surface area contributed by atoms with E-state index in [2.05, 4.69) is 20.9 Å². The molecule has 7 heteroatoms. The molecule has 3 N–H and O–H groups in total. The molecule has 164 valence electrons. The number of carbonyl (C=O) groups is 2. The molecule has 0 atom stereocenters. The van der Waals surface area contributed by atoms with E-state index in [0.717, 1.165) is 57.3 Å². The second-order valence-electron chi connectivity index (χ2n) is 8.32. The van der Waals surface area contributed by atoms with Crippen molar-refractivity contribution in [1.82, 2.24) is 5.32 Å². The Hall–Kier alpha value is -3.09. The van der Waals surface area contributed by atoms with E-state index in [1.165, 1.54) is 24.6 Å². The van der Waals surface area contributed by atoms with Crippen molar-refractivity contribution in [2.45, 2.75) is 51.0 Å². The standard InChI is InChI=1S/C24H29FN4O2/c25-17-7-6-10-19(15-17)27-24(31)28-20-11-12-22(29-13-4-5-14-29)21(16-20)23(30)26-18-8-2-1-3-9-18/h6-7,10-12,15-16,18H,1-5,8-9,13-14H2,(H,26,30)(H2,27,28,31). The van der Waals surface area contributed by atoms with Crippen LogP contribution in [0.15, 0.2) is 42.5 Å². The van der Waals surface area contributed by atoms with Crippen LogP contribution >= 0.6 is 0 Å². The lowest BCUT2D eigenvalue weighted by atomic mass is 9.95. The fraction of sp³-hybridized carbons (Fsp3) is 0.417. The zero-order valence-corrected chi connectivity index (χ0v) is 17.6. The third kappa shape index (κ3) is 5.54. The van der Waals surface area contributed by atoms with Crippen molar-refractivity contribution in [3.8, 4) is 0 Å². The van der Waals surface area contributed by atoms with Gasteiger partial charge in [-0.3, -0.25) is 4.79 Å². The summed E-state index contributed by atoms with van der Waals surface area (Å²) < 4.78 is 13.4. The Morgan fingerprint density at radius 1 is 0.871 bits per heavy atom. The Kier molecular flexibility index (Phi) is 6.70. The minimum atomic E-state index is -0.488. The Balaban J connectivity index is 1.50. The lowest BCUT2D eigenvalue weighted by Gasteiger charge is -2.25. The smallest absolute Gasteiger partial charge is 0.323 e. The molecule has 2 aliphatic rings. The Morgan fingerprint density at radius 3 is 2.29 bits per heavy atom. The first-order valence-electron chi connectivity index (χ1n) is 11.1. The van der Waals surface area contributed by atoms with Crippen LogP contribution < -0.4 is 20.9 Å². The van der Waals surface area contributed by atoms with E-state index < -0.39 is 11.8 Å². The number of rotatable bonds is 5. The van der Waals surface area contributed by atoms with Gasteiger partial charge in [-0.05, 0) is 62.1 Å². The maximum absolute atomic E-state index is 13.4. The van der Waals surface area contributed by atoms with Crippen molar-refractivity contribution in [1.29, 1.82) is 0 Å². The van der Waals surface area contributed by atoms with Gasteiger partial charge in [0.1, 0.15) is 5.82 Å². The van der Waals surface area contributed by atoms with E-state index in [4.69, 9.17) is 0 Å². The van der Waals surface area contributed by atoms with Crippen LogP contribution in [-0.2, 0) is 0 Å². The van der Waals surface area contributed by atoms with E-state index >= 15 is 0 Å². The third-order valence-electron chi connectivity index (χ3n) is 5.97. The average Bonchev–Trinajstić information content (AvgIpc) is 3.29. The number of anilines is 3. The van der Waals surface area contributed by atoms with E-state index in [1.54, 1.807) is 18.2 Å². The molecule has 0 bridgehead atoms. The van der Waals surface area contributed by atoms with Crippen LogP contribution in [0.1, 0.15) is 55.3 Å². The summed E-state index contributed by atoms with van der Waals surface area (Å²) in [4.78, 5) is 27.8. The molecule has 1 aliphatic carbocycles. The summed E-state index contributed by atoms with van der Waals surface area (Å²) in [5.41, 5.74) is 2.37. The maximum atomic E-state index is 13.4. The van der Waals surface area contributed by atoms with Gasteiger partial charge in [0.25, 0.3) is 5.91 Å². The largest absolute Gasteiger partial charge is 0.371 e. The van der Waals surface area contributed by atoms with Crippen molar-refractivity contribution < 1.29 is 14.0 Å². The molecule has 1 saturated carbocycles. The molecular weight excluding hydrogens is 395 g/mol. The molecule has 0 unspecified atom stereocenters. The fourth-order valence-electron chi connectivity index (χ4n) is 4.40. The van der Waals surface area contributed by atoms with Gasteiger partial charge in [-0.1, -0.05) is 25.3 Å². The highest BCUT2D eigenvalue weighted by Gasteiger charge is 2.23. The summed E-state index contributed by atoms with van der Waals surface area (Å²) in [5, 5.41) is 8.56. The number of nitrogens with zero attached hydrogens (tertiary/aromatic N) is 1. The van der Waals surface area contributed by atoms with Crippen LogP contribution in [0.2, 0.25) is 0 Å². The van der Waals surface area contributed by atoms with Gasteiger partial charge in [-0.2, -0.15) is 0 Å². The van der Waals surface area contributed by atoms with Crippen LogP contribution in [0.25, 0.3) is 0 Å². The number of benzene rings is 2. The number of hydrogen-bond acceptors (Lipinski definition) is 3. The number of halogens is 1. The van der Waals surface area contributed by atoms with Crippen LogP contribution in [-0.4, -0.2) is 31.1 Å². The van der Waals surface area contributed by atoms with E-state index in [-0.39, 0.29) is 11.9 Å². The molecule has 1 heterocycles. The third-order valence-corrected chi connectivity index (χ3v) is 5.97. The minimum Gasteiger partial charge on any atom is -0.371 e. The van der Waals surface area contributed by atoms with Gasteiger partial charge in [0.15, 0.2) is 0 Å². The van der Waals surface area contributed by atoms with Gasteiger partial charge in [0.05, 0.1) is 5.56 Å². The van der Waals surface area contributed by atoms with E-state index in [9.17, 15) is 14.0 Å². The van der Waals surface area contributed by atoms with Gasteiger partial charge in [0.2, 0.25) is 0 Å². The zero-order valence-electron chi connectivity index (χ0n) is 17.6. The summed E-state index contributed by atoms with van der Waals surface area (Å²) in [6.07, 6.45) is 7.76. The van der Waals surface area contributed by atoms with Gasteiger partial charge < -0.3 is 20.9 Å². The Bertz CT molecular complexity index is 937. The van der Waals surface area contributed by atoms with Gasteiger partial charge in [-0.15, -0.1) is 0 Å². The molecular formula is C24H29FN4O2.